The van der Waals surface area contributed by atoms with E-state index in [2.05, 4.69) is 21.0 Å². The smallest absolute Gasteiger partial charge is 0.263 e. The minimum atomic E-state index is -0.0676. The number of rotatable bonds is 2. The van der Waals surface area contributed by atoms with Crippen molar-refractivity contribution in [1.29, 1.82) is 0 Å². The van der Waals surface area contributed by atoms with Crippen molar-refractivity contribution in [2.75, 3.05) is 11.5 Å². The number of carbonyl (C=O) groups excluding carboxylic acids is 1. The van der Waals surface area contributed by atoms with Gasteiger partial charge in [-0.3, -0.25) is 14.4 Å². The lowest BCUT2D eigenvalue weighted by molar-refractivity contribution is 0.0960. The Morgan fingerprint density at radius 2 is 2.14 bits per heavy atom. The van der Waals surface area contributed by atoms with Gasteiger partial charge in [0.15, 0.2) is 0 Å². The highest BCUT2D eigenvalue weighted by atomic mass is 79.9. The number of halogens is 1. The first-order valence-electron chi connectivity index (χ1n) is 7.29. The zero-order chi connectivity index (χ0) is 15.9. The third kappa shape index (κ3) is 2.41. The SMILES string of the molecule is CC1COc2ccccc2N1C(=O)c1cnn(C(C)C)c1Br. The molecular formula is C16H18BrN3O2. The first kappa shape index (κ1) is 15.1. The summed E-state index contributed by atoms with van der Waals surface area (Å²) in [6.45, 7) is 6.52. The highest BCUT2D eigenvalue weighted by Crippen LogP contribution is 2.35. The minimum absolute atomic E-state index is 0.0308. The highest BCUT2D eigenvalue weighted by molar-refractivity contribution is 9.10. The molecule has 0 saturated heterocycles. The maximum atomic E-state index is 13.0. The molecule has 22 heavy (non-hydrogen) atoms. The molecule has 116 valence electrons. The lowest BCUT2D eigenvalue weighted by atomic mass is 10.1. The van der Waals surface area contributed by atoms with Gasteiger partial charge < -0.3 is 4.74 Å². The number of hydrogen-bond donors (Lipinski definition) is 0. The molecule has 1 unspecified atom stereocenters. The minimum Gasteiger partial charge on any atom is -0.489 e. The molecule has 0 aliphatic carbocycles. The van der Waals surface area contributed by atoms with Crippen LogP contribution in [0.25, 0.3) is 0 Å². The van der Waals surface area contributed by atoms with E-state index in [9.17, 15) is 4.79 Å². The Balaban J connectivity index is 2.02. The summed E-state index contributed by atoms with van der Waals surface area (Å²) in [5, 5.41) is 4.30. The first-order valence-corrected chi connectivity index (χ1v) is 8.08. The van der Waals surface area contributed by atoms with E-state index in [-0.39, 0.29) is 18.0 Å². The number of ether oxygens (including phenoxy) is 1. The molecule has 1 amide bonds. The molecule has 1 aliphatic rings. The van der Waals surface area contributed by atoms with Crippen LogP contribution in [0.3, 0.4) is 0 Å². The number of fused-ring (bicyclic) bond motifs is 1. The van der Waals surface area contributed by atoms with Crippen LogP contribution in [0.2, 0.25) is 0 Å². The predicted molar refractivity (Wildman–Crippen MR) is 88.5 cm³/mol. The molecular weight excluding hydrogens is 346 g/mol. The third-order valence-electron chi connectivity index (χ3n) is 3.72. The topological polar surface area (TPSA) is 47.4 Å². The van der Waals surface area contributed by atoms with Gasteiger partial charge in [-0.1, -0.05) is 12.1 Å². The Labute approximate surface area is 138 Å². The molecule has 0 saturated carbocycles. The van der Waals surface area contributed by atoms with Crippen LogP contribution in [0.1, 0.15) is 37.2 Å². The number of carbonyl (C=O) groups is 1. The van der Waals surface area contributed by atoms with E-state index in [0.717, 1.165) is 11.4 Å². The molecule has 2 heterocycles. The molecule has 0 bridgehead atoms. The van der Waals surface area contributed by atoms with Crippen molar-refractivity contribution in [3.05, 3.63) is 40.6 Å². The zero-order valence-electron chi connectivity index (χ0n) is 12.8. The van der Waals surface area contributed by atoms with Crippen molar-refractivity contribution in [3.8, 4) is 5.75 Å². The van der Waals surface area contributed by atoms with E-state index in [1.165, 1.54) is 0 Å². The Bertz CT molecular complexity index is 711. The molecule has 0 fully saturated rings. The van der Waals surface area contributed by atoms with E-state index in [1.807, 2.05) is 45.0 Å². The van der Waals surface area contributed by atoms with Crippen molar-refractivity contribution in [3.63, 3.8) is 0 Å². The van der Waals surface area contributed by atoms with Crippen molar-refractivity contribution in [2.24, 2.45) is 0 Å². The van der Waals surface area contributed by atoms with Gasteiger partial charge in [-0.05, 0) is 48.8 Å². The fraction of sp³-hybridized carbons (Fsp3) is 0.375. The molecule has 0 N–H and O–H groups in total. The van der Waals surface area contributed by atoms with E-state index >= 15 is 0 Å². The van der Waals surface area contributed by atoms with Crippen LogP contribution in [0.5, 0.6) is 5.75 Å². The standard InChI is InChI=1S/C16H18BrN3O2/c1-10(2)20-15(17)12(8-18-20)16(21)19-11(3)9-22-14-7-5-4-6-13(14)19/h4-8,10-11H,9H2,1-3H3. The summed E-state index contributed by atoms with van der Waals surface area (Å²) in [7, 11) is 0. The van der Waals surface area contributed by atoms with Gasteiger partial charge in [-0.25, -0.2) is 0 Å². The van der Waals surface area contributed by atoms with E-state index < -0.39 is 0 Å². The van der Waals surface area contributed by atoms with Crippen LogP contribution in [-0.2, 0) is 0 Å². The number of amides is 1. The average molecular weight is 364 g/mol. The van der Waals surface area contributed by atoms with Crippen LogP contribution >= 0.6 is 15.9 Å². The van der Waals surface area contributed by atoms with Crippen molar-refractivity contribution < 1.29 is 9.53 Å². The van der Waals surface area contributed by atoms with Crippen LogP contribution in [0.4, 0.5) is 5.69 Å². The largest absolute Gasteiger partial charge is 0.489 e. The summed E-state index contributed by atoms with van der Waals surface area (Å²) in [5.41, 5.74) is 1.37. The molecule has 0 spiro atoms. The number of benzene rings is 1. The number of anilines is 1. The van der Waals surface area contributed by atoms with Crippen molar-refractivity contribution in [2.45, 2.75) is 32.9 Å². The van der Waals surface area contributed by atoms with Crippen LogP contribution in [0, 0.1) is 0 Å². The summed E-state index contributed by atoms with van der Waals surface area (Å²) in [4.78, 5) is 14.8. The Morgan fingerprint density at radius 3 is 2.82 bits per heavy atom. The fourth-order valence-corrected chi connectivity index (χ4v) is 3.36. The first-order chi connectivity index (χ1) is 10.5. The van der Waals surface area contributed by atoms with Crippen LogP contribution in [-0.4, -0.2) is 28.3 Å². The molecule has 6 heteroatoms. The maximum Gasteiger partial charge on any atom is 0.263 e. The van der Waals surface area contributed by atoms with Gasteiger partial charge in [0, 0.05) is 6.04 Å². The molecule has 1 aliphatic heterocycles. The Morgan fingerprint density at radius 1 is 1.41 bits per heavy atom. The lowest BCUT2D eigenvalue weighted by Gasteiger charge is -2.34. The second-order valence-electron chi connectivity index (χ2n) is 5.69. The van der Waals surface area contributed by atoms with E-state index in [4.69, 9.17) is 4.74 Å². The van der Waals surface area contributed by atoms with Crippen LogP contribution in [0.15, 0.2) is 35.1 Å². The molecule has 5 nitrogen and oxygen atoms in total. The predicted octanol–water partition coefficient (Wildman–Crippen LogP) is 3.65. The number of aromatic nitrogens is 2. The summed E-state index contributed by atoms with van der Waals surface area (Å²) in [6.07, 6.45) is 1.62. The van der Waals surface area contributed by atoms with Gasteiger partial charge in [0.05, 0.1) is 23.5 Å². The number of hydrogen-bond acceptors (Lipinski definition) is 3. The summed E-state index contributed by atoms with van der Waals surface area (Å²) in [5.74, 6) is 0.670. The highest BCUT2D eigenvalue weighted by Gasteiger charge is 2.32. The normalized spacial score (nSPS) is 17.3. The number of nitrogens with zero attached hydrogens (tertiary/aromatic N) is 3. The summed E-state index contributed by atoms with van der Waals surface area (Å²) in [6, 6.07) is 7.76. The zero-order valence-corrected chi connectivity index (χ0v) is 14.4. The van der Waals surface area contributed by atoms with Gasteiger partial charge >= 0.3 is 0 Å². The van der Waals surface area contributed by atoms with Crippen LogP contribution < -0.4 is 9.64 Å². The van der Waals surface area contributed by atoms with E-state index in [1.54, 1.807) is 15.8 Å². The molecule has 1 aromatic carbocycles. The summed E-state index contributed by atoms with van der Waals surface area (Å²) >= 11 is 3.50. The monoisotopic (exact) mass is 363 g/mol. The summed E-state index contributed by atoms with van der Waals surface area (Å²) < 4.78 is 8.21. The number of para-hydroxylation sites is 2. The maximum absolute atomic E-state index is 13.0. The van der Waals surface area contributed by atoms with E-state index in [0.29, 0.717) is 16.8 Å². The van der Waals surface area contributed by atoms with Crippen molar-refractivity contribution in [1.82, 2.24) is 9.78 Å². The third-order valence-corrected chi connectivity index (χ3v) is 4.51. The second kappa shape index (κ2) is 5.76. The van der Waals surface area contributed by atoms with Gasteiger partial charge in [0.2, 0.25) is 0 Å². The Kier molecular flexibility index (Phi) is 3.95. The van der Waals surface area contributed by atoms with Gasteiger partial charge in [-0.2, -0.15) is 5.10 Å². The lowest BCUT2D eigenvalue weighted by Crippen LogP contribution is -2.45. The average Bonchev–Trinajstić information content (AvgIpc) is 2.88. The van der Waals surface area contributed by atoms with Gasteiger partial charge in [0.25, 0.3) is 5.91 Å². The van der Waals surface area contributed by atoms with Gasteiger partial charge in [0.1, 0.15) is 17.0 Å². The molecule has 0 radical (unpaired) electrons. The van der Waals surface area contributed by atoms with Gasteiger partial charge in [-0.15, -0.1) is 0 Å². The fourth-order valence-electron chi connectivity index (χ4n) is 2.59. The second-order valence-corrected chi connectivity index (χ2v) is 6.44. The molecule has 1 atom stereocenters. The Hall–Kier alpha value is -1.82. The molecule has 3 rings (SSSR count). The van der Waals surface area contributed by atoms with Crippen molar-refractivity contribution >= 4 is 27.5 Å². The molecule has 1 aromatic heterocycles. The quantitative estimate of drug-likeness (QED) is 0.817. The molecule has 2 aromatic rings.